The lowest BCUT2D eigenvalue weighted by atomic mass is 10.1. The predicted molar refractivity (Wildman–Crippen MR) is 83.8 cm³/mol. The molecule has 3 amide bonds. The first-order chi connectivity index (χ1) is 11.0. The van der Waals surface area contributed by atoms with Gasteiger partial charge in [-0.15, -0.1) is 0 Å². The molecule has 0 radical (unpaired) electrons. The third kappa shape index (κ3) is 2.48. The van der Waals surface area contributed by atoms with Crippen LogP contribution in [0, 0.1) is 0 Å². The van der Waals surface area contributed by atoms with Crippen LogP contribution in [0.1, 0.15) is 36.6 Å². The third-order valence-corrected chi connectivity index (χ3v) is 4.11. The minimum Gasteiger partial charge on any atom is -0.290 e. The maximum Gasteiger partial charge on any atom is 0.266 e. The maximum absolute atomic E-state index is 12.4. The minimum atomic E-state index is -0.542. The molecule has 3 N–H and O–H groups in total. The molecule has 0 aromatic heterocycles. The van der Waals surface area contributed by atoms with Crippen LogP contribution >= 0.6 is 11.6 Å². The molecule has 0 atom stereocenters. The highest BCUT2D eigenvalue weighted by molar-refractivity contribution is 6.34. The van der Waals surface area contributed by atoms with E-state index in [0.29, 0.717) is 16.7 Å². The van der Waals surface area contributed by atoms with E-state index in [-0.39, 0.29) is 28.9 Å². The lowest BCUT2D eigenvalue weighted by Gasteiger charge is -2.16. The summed E-state index contributed by atoms with van der Waals surface area (Å²) in [5.74, 6) is 3.81. The number of hydrazine groups is 1. The largest absolute Gasteiger partial charge is 0.290 e. The van der Waals surface area contributed by atoms with Crippen molar-refractivity contribution >= 4 is 29.3 Å². The van der Waals surface area contributed by atoms with E-state index in [1.807, 2.05) is 5.43 Å². The number of nitrogen functional groups attached to an aromatic ring is 1. The zero-order valence-electron chi connectivity index (χ0n) is 11.9. The molecule has 1 aliphatic heterocycles. The third-order valence-electron chi connectivity index (χ3n) is 3.66. The molecule has 2 aromatic rings. The molecule has 7 heteroatoms. The number of hydrogen-bond acceptors (Lipinski definition) is 4. The van der Waals surface area contributed by atoms with Crippen LogP contribution in [-0.4, -0.2) is 22.6 Å². The highest BCUT2D eigenvalue weighted by atomic mass is 35.5. The Morgan fingerprint density at radius 1 is 1.04 bits per heavy atom. The van der Waals surface area contributed by atoms with E-state index in [9.17, 15) is 14.4 Å². The number of rotatable bonds is 3. The van der Waals surface area contributed by atoms with Crippen molar-refractivity contribution in [3.8, 4) is 0 Å². The van der Waals surface area contributed by atoms with Crippen LogP contribution in [0.3, 0.4) is 0 Å². The molecule has 0 fully saturated rings. The zero-order chi connectivity index (χ0) is 16.6. The van der Waals surface area contributed by atoms with Crippen LogP contribution in [0.25, 0.3) is 0 Å². The topological polar surface area (TPSA) is 92.5 Å². The lowest BCUT2D eigenvalue weighted by Crippen LogP contribution is -2.31. The first-order valence-corrected chi connectivity index (χ1v) is 7.16. The summed E-state index contributed by atoms with van der Waals surface area (Å²) in [4.78, 5) is 37.5. The number of hydrogen-bond donors (Lipinski definition) is 2. The van der Waals surface area contributed by atoms with Gasteiger partial charge in [-0.05, 0) is 23.8 Å². The number of nitrogens with zero attached hydrogens (tertiary/aromatic N) is 1. The second-order valence-electron chi connectivity index (χ2n) is 4.99. The van der Waals surface area contributed by atoms with Crippen LogP contribution in [0.5, 0.6) is 0 Å². The van der Waals surface area contributed by atoms with Crippen molar-refractivity contribution < 1.29 is 14.4 Å². The molecule has 3 rings (SSSR count). The second kappa shape index (κ2) is 5.83. The van der Waals surface area contributed by atoms with E-state index >= 15 is 0 Å². The normalized spacial score (nSPS) is 13.2. The molecule has 0 unspecified atom stereocenters. The summed E-state index contributed by atoms with van der Waals surface area (Å²) < 4.78 is 0. The van der Waals surface area contributed by atoms with Gasteiger partial charge in [0.25, 0.3) is 17.7 Å². The number of benzene rings is 2. The Balaban J connectivity index is 1.94. The maximum atomic E-state index is 12.4. The number of carbonyl (C=O) groups excluding carboxylic acids is 3. The number of amides is 3. The smallest absolute Gasteiger partial charge is 0.266 e. The molecule has 116 valence electrons. The van der Waals surface area contributed by atoms with Gasteiger partial charge in [-0.2, -0.15) is 0 Å². The second-order valence-corrected chi connectivity index (χ2v) is 5.37. The molecule has 6 nitrogen and oxygen atoms in total. The first-order valence-electron chi connectivity index (χ1n) is 6.78. The lowest BCUT2D eigenvalue weighted by molar-refractivity contribution is 0.0642. The summed E-state index contributed by atoms with van der Waals surface area (Å²) in [5, 5.41) is 0.159. The number of carbonyl (C=O) groups is 3. The quantitative estimate of drug-likeness (QED) is 0.388. The minimum absolute atomic E-state index is 0.0170. The summed E-state index contributed by atoms with van der Waals surface area (Å²) in [5.41, 5.74) is 3.41. The zero-order valence-corrected chi connectivity index (χ0v) is 12.6. The summed E-state index contributed by atoms with van der Waals surface area (Å²) in [6.07, 6.45) is 0. The standard InChI is InChI=1S/C16H12ClN3O3/c17-13-9(4-3-7-12(13)14(21)19-18)8-20-15(22)10-5-1-2-6-11(10)16(20)23/h1-7H,8,18H2,(H,19,21). The van der Waals surface area contributed by atoms with Crippen molar-refractivity contribution in [2.75, 3.05) is 0 Å². The van der Waals surface area contributed by atoms with E-state index in [0.717, 1.165) is 4.90 Å². The monoisotopic (exact) mass is 329 g/mol. The number of nitrogens with two attached hydrogens (primary N) is 1. The van der Waals surface area contributed by atoms with Gasteiger partial charge in [0.1, 0.15) is 0 Å². The van der Waals surface area contributed by atoms with Crippen molar-refractivity contribution in [2.45, 2.75) is 6.54 Å². The number of halogens is 1. The Bertz CT molecular complexity index is 800. The van der Waals surface area contributed by atoms with Crippen LogP contribution in [0.15, 0.2) is 42.5 Å². The fraction of sp³-hybridized carbons (Fsp3) is 0.0625. The van der Waals surface area contributed by atoms with E-state index in [2.05, 4.69) is 0 Å². The fourth-order valence-electron chi connectivity index (χ4n) is 2.51. The van der Waals surface area contributed by atoms with Crippen LogP contribution in [-0.2, 0) is 6.54 Å². The molecule has 1 aliphatic rings. The Morgan fingerprint density at radius 3 is 2.22 bits per heavy atom. The highest BCUT2D eigenvalue weighted by Gasteiger charge is 2.35. The Hall–Kier alpha value is -2.70. The molecule has 0 bridgehead atoms. The van der Waals surface area contributed by atoms with Gasteiger partial charge in [-0.1, -0.05) is 35.9 Å². The molecular formula is C16H12ClN3O3. The summed E-state index contributed by atoms with van der Waals surface area (Å²) in [6.45, 7) is -0.0170. The van der Waals surface area contributed by atoms with E-state index < -0.39 is 5.91 Å². The van der Waals surface area contributed by atoms with Gasteiger partial charge in [0.15, 0.2) is 0 Å². The van der Waals surface area contributed by atoms with Gasteiger partial charge in [0, 0.05) is 0 Å². The van der Waals surface area contributed by atoms with Gasteiger partial charge in [-0.25, -0.2) is 5.84 Å². The Labute approximate surface area is 136 Å². The molecule has 0 aliphatic carbocycles. The van der Waals surface area contributed by atoms with Gasteiger partial charge < -0.3 is 0 Å². The Morgan fingerprint density at radius 2 is 1.65 bits per heavy atom. The van der Waals surface area contributed by atoms with Gasteiger partial charge >= 0.3 is 0 Å². The van der Waals surface area contributed by atoms with E-state index in [1.165, 1.54) is 6.07 Å². The molecule has 1 heterocycles. The van der Waals surface area contributed by atoms with Crippen molar-refractivity contribution in [2.24, 2.45) is 5.84 Å². The van der Waals surface area contributed by atoms with Gasteiger partial charge in [0.05, 0.1) is 28.3 Å². The van der Waals surface area contributed by atoms with Crippen LogP contribution in [0.4, 0.5) is 0 Å². The van der Waals surface area contributed by atoms with Crippen molar-refractivity contribution in [3.05, 3.63) is 69.7 Å². The average molecular weight is 330 g/mol. The summed E-state index contributed by atoms with van der Waals surface area (Å²) >= 11 is 6.20. The van der Waals surface area contributed by atoms with Gasteiger partial charge in [0.2, 0.25) is 0 Å². The van der Waals surface area contributed by atoms with E-state index in [4.69, 9.17) is 17.4 Å². The van der Waals surface area contributed by atoms with Crippen LogP contribution < -0.4 is 11.3 Å². The number of nitrogens with one attached hydrogen (secondary N) is 1. The fourth-order valence-corrected chi connectivity index (χ4v) is 2.78. The summed E-state index contributed by atoms with van der Waals surface area (Å²) in [6, 6.07) is 11.4. The van der Waals surface area contributed by atoms with Gasteiger partial charge in [-0.3, -0.25) is 24.7 Å². The first kappa shape index (κ1) is 15.2. The van der Waals surface area contributed by atoms with Crippen molar-refractivity contribution in [1.82, 2.24) is 10.3 Å². The van der Waals surface area contributed by atoms with Crippen molar-refractivity contribution in [1.29, 1.82) is 0 Å². The molecule has 0 saturated carbocycles. The molecular weight excluding hydrogens is 318 g/mol. The predicted octanol–water partition coefficient (Wildman–Crippen LogP) is 1.74. The van der Waals surface area contributed by atoms with E-state index in [1.54, 1.807) is 36.4 Å². The summed E-state index contributed by atoms with van der Waals surface area (Å²) in [7, 11) is 0. The molecule has 23 heavy (non-hydrogen) atoms. The molecule has 0 spiro atoms. The SMILES string of the molecule is NNC(=O)c1cccc(CN2C(=O)c3ccccc3C2=O)c1Cl. The van der Waals surface area contributed by atoms with Crippen molar-refractivity contribution in [3.63, 3.8) is 0 Å². The number of imide groups is 1. The Kier molecular flexibility index (Phi) is 3.85. The number of fused-ring (bicyclic) bond motifs is 1. The molecule has 0 saturated heterocycles. The molecule has 2 aromatic carbocycles. The average Bonchev–Trinajstić information content (AvgIpc) is 2.81. The highest BCUT2D eigenvalue weighted by Crippen LogP contribution is 2.28. The van der Waals surface area contributed by atoms with Crippen LogP contribution in [0.2, 0.25) is 5.02 Å².